The summed E-state index contributed by atoms with van der Waals surface area (Å²) < 4.78 is 5.51. The van der Waals surface area contributed by atoms with Gasteiger partial charge < -0.3 is 15.6 Å². The summed E-state index contributed by atoms with van der Waals surface area (Å²) in [5.74, 6) is -0.195. The van der Waals surface area contributed by atoms with E-state index in [0.717, 1.165) is 17.7 Å². The second-order valence-corrected chi connectivity index (χ2v) is 4.90. The average molecular weight is 297 g/mol. The monoisotopic (exact) mass is 297 g/mol. The molecule has 22 heavy (non-hydrogen) atoms. The molecule has 0 aromatic heterocycles. The molecule has 0 saturated heterocycles. The van der Waals surface area contributed by atoms with Crippen LogP contribution in [-0.4, -0.2) is 17.7 Å². The van der Waals surface area contributed by atoms with Gasteiger partial charge in [0.05, 0.1) is 12.2 Å². The number of carbonyl (C=O) groups is 1. The standard InChI is InChI=1S/C18H19NO3/c1-2-11-22-16-9-3-13(4-10-16)12-17(18(20)21)14-5-7-15(19)8-6-14/h3-10,12H,2,11,19H2,1H3,(H,20,21)/b17-12-. The van der Waals surface area contributed by atoms with Crippen molar-refractivity contribution < 1.29 is 14.6 Å². The number of nitrogens with two attached hydrogens (primary N) is 1. The number of hydrogen-bond donors (Lipinski definition) is 2. The van der Waals surface area contributed by atoms with Gasteiger partial charge in [0, 0.05) is 5.69 Å². The van der Waals surface area contributed by atoms with Gasteiger partial charge in [-0.05, 0) is 47.9 Å². The third-order valence-corrected chi connectivity index (χ3v) is 3.12. The Morgan fingerprint density at radius 3 is 2.32 bits per heavy atom. The molecule has 2 aromatic rings. The number of nitrogen functional groups attached to an aromatic ring is 1. The molecule has 0 saturated carbocycles. The van der Waals surface area contributed by atoms with E-state index in [2.05, 4.69) is 0 Å². The Kier molecular flexibility index (Phi) is 5.20. The smallest absolute Gasteiger partial charge is 0.336 e. The molecule has 0 heterocycles. The van der Waals surface area contributed by atoms with Crippen molar-refractivity contribution in [1.29, 1.82) is 0 Å². The topological polar surface area (TPSA) is 72.5 Å². The molecule has 0 aliphatic heterocycles. The zero-order valence-electron chi connectivity index (χ0n) is 12.5. The summed E-state index contributed by atoms with van der Waals surface area (Å²) in [6.07, 6.45) is 2.58. The first kappa shape index (κ1) is 15.6. The van der Waals surface area contributed by atoms with Crippen molar-refractivity contribution in [3.63, 3.8) is 0 Å². The van der Waals surface area contributed by atoms with Crippen molar-refractivity contribution in [2.24, 2.45) is 0 Å². The summed E-state index contributed by atoms with van der Waals surface area (Å²) in [5.41, 5.74) is 7.88. The van der Waals surface area contributed by atoms with Crippen LogP contribution in [0.2, 0.25) is 0 Å². The van der Waals surface area contributed by atoms with Crippen LogP contribution in [0.15, 0.2) is 48.5 Å². The Morgan fingerprint density at radius 1 is 1.14 bits per heavy atom. The molecule has 0 radical (unpaired) electrons. The fraction of sp³-hybridized carbons (Fsp3) is 0.167. The van der Waals surface area contributed by atoms with E-state index in [-0.39, 0.29) is 5.57 Å². The van der Waals surface area contributed by atoms with E-state index in [0.29, 0.717) is 17.9 Å². The second kappa shape index (κ2) is 7.31. The molecule has 0 spiro atoms. The Balaban J connectivity index is 2.26. The predicted molar refractivity (Wildman–Crippen MR) is 88.6 cm³/mol. The van der Waals surface area contributed by atoms with Gasteiger partial charge in [-0.25, -0.2) is 4.79 Å². The molecular formula is C18H19NO3. The maximum absolute atomic E-state index is 11.5. The zero-order chi connectivity index (χ0) is 15.9. The number of hydrogen-bond acceptors (Lipinski definition) is 3. The van der Waals surface area contributed by atoms with E-state index in [1.807, 2.05) is 31.2 Å². The average Bonchev–Trinajstić information content (AvgIpc) is 2.52. The summed E-state index contributed by atoms with van der Waals surface area (Å²) in [5, 5.41) is 9.40. The maximum Gasteiger partial charge on any atom is 0.336 e. The van der Waals surface area contributed by atoms with Gasteiger partial charge in [-0.15, -0.1) is 0 Å². The number of carboxylic acids is 1. The van der Waals surface area contributed by atoms with Crippen LogP contribution in [0, 0.1) is 0 Å². The van der Waals surface area contributed by atoms with Gasteiger partial charge in [0.1, 0.15) is 5.75 Å². The lowest BCUT2D eigenvalue weighted by Gasteiger charge is -2.06. The van der Waals surface area contributed by atoms with E-state index >= 15 is 0 Å². The molecule has 3 N–H and O–H groups in total. The van der Waals surface area contributed by atoms with E-state index in [4.69, 9.17) is 10.5 Å². The molecule has 2 rings (SSSR count). The van der Waals surface area contributed by atoms with Gasteiger partial charge >= 0.3 is 5.97 Å². The van der Waals surface area contributed by atoms with Crippen molar-refractivity contribution >= 4 is 23.3 Å². The number of aliphatic carboxylic acids is 1. The third kappa shape index (κ3) is 4.12. The Bertz CT molecular complexity index is 658. The number of ether oxygens (including phenoxy) is 1. The van der Waals surface area contributed by atoms with E-state index in [1.165, 1.54) is 0 Å². The third-order valence-electron chi connectivity index (χ3n) is 3.12. The summed E-state index contributed by atoms with van der Waals surface area (Å²) in [7, 11) is 0. The summed E-state index contributed by atoms with van der Waals surface area (Å²) in [6.45, 7) is 2.71. The number of rotatable bonds is 6. The SMILES string of the molecule is CCCOc1ccc(/C=C(\C(=O)O)c2ccc(N)cc2)cc1. The first-order chi connectivity index (χ1) is 10.6. The van der Waals surface area contributed by atoms with Crippen molar-refractivity contribution in [3.05, 3.63) is 59.7 Å². The van der Waals surface area contributed by atoms with Gasteiger partial charge in [0.2, 0.25) is 0 Å². The van der Waals surface area contributed by atoms with Crippen LogP contribution in [0.1, 0.15) is 24.5 Å². The van der Waals surface area contributed by atoms with Crippen LogP contribution >= 0.6 is 0 Å². The molecule has 0 aliphatic carbocycles. The van der Waals surface area contributed by atoms with Gasteiger partial charge in [-0.2, -0.15) is 0 Å². The van der Waals surface area contributed by atoms with E-state index in [9.17, 15) is 9.90 Å². The van der Waals surface area contributed by atoms with Gasteiger partial charge in [0.15, 0.2) is 0 Å². The van der Waals surface area contributed by atoms with Crippen molar-refractivity contribution in [2.45, 2.75) is 13.3 Å². The van der Waals surface area contributed by atoms with E-state index in [1.54, 1.807) is 30.3 Å². The van der Waals surface area contributed by atoms with Gasteiger partial charge in [-0.3, -0.25) is 0 Å². The first-order valence-corrected chi connectivity index (χ1v) is 7.14. The lowest BCUT2D eigenvalue weighted by molar-refractivity contribution is -0.130. The summed E-state index contributed by atoms with van der Waals surface area (Å²) in [6, 6.07) is 14.1. The molecule has 4 heteroatoms. The molecule has 2 aromatic carbocycles. The van der Waals surface area contributed by atoms with Crippen molar-refractivity contribution in [2.75, 3.05) is 12.3 Å². The molecule has 0 aliphatic rings. The molecule has 0 atom stereocenters. The highest BCUT2D eigenvalue weighted by atomic mass is 16.5. The van der Waals surface area contributed by atoms with Crippen LogP contribution < -0.4 is 10.5 Å². The van der Waals surface area contributed by atoms with Crippen LogP contribution in [-0.2, 0) is 4.79 Å². The maximum atomic E-state index is 11.5. The highest BCUT2D eigenvalue weighted by Crippen LogP contribution is 2.21. The number of carboxylic acid groups (broad SMARTS) is 1. The van der Waals surface area contributed by atoms with Crippen molar-refractivity contribution in [3.8, 4) is 5.75 Å². The summed E-state index contributed by atoms with van der Waals surface area (Å²) in [4.78, 5) is 11.5. The van der Waals surface area contributed by atoms with Crippen LogP contribution in [0.4, 0.5) is 5.69 Å². The Labute approximate surface area is 129 Å². The van der Waals surface area contributed by atoms with Crippen LogP contribution in [0.5, 0.6) is 5.75 Å². The Morgan fingerprint density at radius 2 is 1.77 bits per heavy atom. The quantitative estimate of drug-likeness (QED) is 0.484. The second-order valence-electron chi connectivity index (χ2n) is 4.90. The van der Waals surface area contributed by atoms with Crippen molar-refractivity contribution in [1.82, 2.24) is 0 Å². The van der Waals surface area contributed by atoms with Gasteiger partial charge in [0.25, 0.3) is 0 Å². The molecule has 0 unspecified atom stereocenters. The number of benzene rings is 2. The highest BCUT2D eigenvalue weighted by Gasteiger charge is 2.10. The van der Waals surface area contributed by atoms with E-state index < -0.39 is 5.97 Å². The fourth-order valence-corrected chi connectivity index (χ4v) is 1.98. The van der Waals surface area contributed by atoms with Crippen LogP contribution in [0.3, 0.4) is 0 Å². The minimum Gasteiger partial charge on any atom is -0.494 e. The minimum absolute atomic E-state index is 0.224. The molecule has 4 nitrogen and oxygen atoms in total. The predicted octanol–water partition coefficient (Wildman–Crippen LogP) is 3.68. The molecule has 0 bridgehead atoms. The largest absolute Gasteiger partial charge is 0.494 e. The highest BCUT2D eigenvalue weighted by molar-refractivity contribution is 6.20. The lowest BCUT2D eigenvalue weighted by Crippen LogP contribution is -2.00. The zero-order valence-corrected chi connectivity index (χ0v) is 12.5. The lowest BCUT2D eigenvalue weighted by atomic mass is 10.0. The molecule has 0 amide bonds. The Hall–Kier alpha value is -2.75. The fourth-order valence-electron chi connectivity index (χ4n) is 1.98. The molecular weight excluding hydrogens is 278 g/mol. The molecule has 114 valence electrons. The first-order valence-electron chi connectivity index (χ1n) is 7.14. The van der Waals surface area contributed by atoms with Gasteiger partial charge in [-0.1, -0.05) is 31.2 Å². The number of anilines is 1. The minimum atomic E-state index is -0.976. The normalized spacial score (nSPS) is 11.2. The summed E-state index contributed by atoms with van der Waals surface area (Å²) >= 11 is 0. The van der Waals surface area contributed by atoms with Crippen LogP contribution in [0.25, 0.3) is 11.6 Å². The molecule has 0 fully saturated rings.